The first-order valence-corrected chi connectivity index (χ1v) is 29.7. The number of ether oxygens (including phenoxy) is 16. The molecule has 16 bridgehead atoms. The molecule has 37 heteroatoms. The minimum Gasteiger partial charge on any atom is -0.394 e. The first-order valence-electron chi connectivity index (χ1n) is 29.7. The Morgan fingerprint density at radius 1 is 0.258 bits per heavy atom. The highest BCUT2D eigenvalue weighted by atomic mass is 16.8. The Balaban J connectivity index is 0.977. The molecule has 0 spiro atoms. The van der Waals surface area contributed by atoms with Crippen molar-refractivity contribution in [2.45, 2.75) is 280 Å². The third-order valence-corrected chi connectivity index (χ3v) is 17.5. The lowest BCUT2D eigenvalue weighted by atomic mass is 9.93. The molecule has 30 aliphatic heterocycles. The van der Waals surface area contributed by atoms with E-state index in [1.165, 1.54) is 0 Å². The Morgan fingerprint density at radius 3 is 0.685 bits per heavy atom. The van der Waals surface area contributed by atoms with Gasteiger partial charge in [0.1, 0.15) is 171 Å². The van der Waals surface area contributed by atoms with Gasteiger partial charge in [-0.3, -0.25) is 0 Å². The maximum Gasteiger partial charge on any atom is 0.187 e. The molecule has 39 unspecified atom stereocenters. The van der Waals surface area contributed by atoms with Crippen LogP contribution in [0.15, 0.2) is 0 Å². The fraction of sp³-hybridized carbons (Fsp3) is 1.00. The smallest absolute Gasteiger partial charge is 0.187 e. The molecule has 30 fully saturated rings. The van der Waals surface area contributed by atoms with Crippen LogP contribution < -0.4 is 0 Å². The van der Waals surface area contributed by atoms with Crippen molar-refractivity contribution in [2.75, 3.05) is 39.6 Å². The van der Waals surface area contributed by atoms with Gasteiger partial charge in [0.05, 0.1) is 58.0 Å². The molecule has 0 aromatic carbocycles. The van der Waals surface area contributed by atoms with Gasteiger partial charge in [-0.25, -0.2) is 0 Å². The van der Waals surface area contributed by atoms with Gasteiger partial charge in [-0.15, -0.1) is 0 Å². The molecule has 89 heavy (non-hydrogen) atoms. The molecule has 518 valence electrons. The molecule has 30 heterocycles. The highest BCUT2D eigenvalue weighted by molar-refractivity contribution is 5.02. The lowest BCUT2D eigenvalue weighted by Gasteiger charge is -2.50. The summed E-state index contributed by atoms with van der Waals surface area (Å²) in [5.74, 6) is -0.141. The average Bonchev–Trinajstić information content (AvgIpc) is 0.920. The zero-order valence-electron chi connectivity index (χ0n) is 48.4. The minimum atomic E-state index is -2.22. The summed E-state index contributed by atoms with van der Waals surface area (Å²) >= 11 is 0. The van der Waals surface area contributed by atoms with Crippen LogP contribution in [0, 0.1) is 5.92 Å². The molecule has 0 amide bonds. The molecule has 30 saturated heterocycles. The Morgan fingerprint density at radius 2 is 0.461 bits per heavy atom. The Labute approximate surface area is 507 Å². The molecule has 30 rings (SSSR count). The van der Waals surface area contributed by atoms with E-state index in [4.69, 9.17) is 75.8 Å². The number of hydrogen-bond donors (Lipinski definition) is 21. The maximum absolute atomic E-state index is 11.6. The number of hydrogen-bond acceptors (Lipinski definition) is 37. The normalized spacial score (nSPS) is 54.1. The number of rotatable bonds is 9. The van der Waals surface area contributed by atoms with Gasteiger partial charge < -0.3 is 183 Å². The monoisotopic (exact) mass is 1300 g/mol. The second-order valence-corrected chi connectivity index (χ2v) is 24.0. The second-order valence-electron chi connectivity index (χ2n) is 24.0. The molecule has 0 aliphatic carbocycles. The Hall–Kier alpha value is -1.48. The molecule has 0 saturated carbocycles. The zero-order valence-corrected chi connectivity index (χ0v) is 48.4. The van der Waals surface area contributed by atoms with E-state index in [1.807, 2.05) is 13.8 Å². The zero-order chi connectivity index (χ0) is 64.8. The van der Waals surface area contributed by atoms with Crippen LogP contribution in [-0.2, 0) is 75.8 Å². The quantitative estimate of drug-likeness (QED) is 0.102. The van der Waals surface area contributed by atoms with E-state index in [2.05, 4.69) is 0 Å². The van der Waals surface area contributed by atoms with Crippen molar-refractivity contribution < 1.29 is 183 Å². The summed E-state index contributed by atoms with van der Waals surface area (Å²) in [6.07, 6.45) is -72.8. The predicted octanol–water partition coefficient (Wildman–Crippen LogP) is -12.9. The molecule has 37 nitrogen and oxygen atoms in total. The third kappa shape index (κ3) is 14.8. The van der Waals surface area contributed by atoms with Gasteiger partial charge in [-0.1, -0.05) is 20.8 Å². The molecule has 0 radical (unpaired) electrons. The van der Waals surface area contributed by atoms with Crippen LogP contribution in [0.25, 0.3) is 0 Å². The molecule has 39 atom stereocenters. The van der Waals surface area contributed by atoms with Gasteiger partial charge in [0.2, 0.25) is 0 Å². The molecular weight excluding hydrogens is 1220 g/mol. The van der Waals surface area contributed by atoms with E-state index in [0.717, 1.165) is 0 Å². The highest BCUT2D eigenvalue weighted by Gasteiger charge is 2.60. The number of aliphatic hydroxyl groups excluding tert-OH is 21. The van der Waals surface area contributed by atoms with Crippen molar-refractivity contribution in [3.63, 3.8) is 0 Å². The summed E-state index contributed by atoms with van der Waals surface area (Å²) in [6.45, 7) is -0.841. The van der Waals surface area contributed by atoms with E-state index < -0.39 is 279 Å². The van der Waals surface area contributed by atoms with Crippen molar-refractivity contribution in [3.05, 3.63) is 0 Å². The van der Waals surface area contributed by atoms with Crippen LogP contribution in [-0.4, -0.2) is 386 Å². The van der Waals surface area contributed by atoms with Crippen molar-refractivity contribution in [2.24, 2.45) is 5.92 Å². The van der Waals surface area contributed by atoms with Gasteiger partial charge >= 0.3 is 0 Å². The summed E-state index contributed by atoms with van der Waals surface area (Å²) < 4.78 is 94.0. The van der Waals surface area contributed by atoms with Crippen molar-refractivity contribution in [1.82, 2.24) is 0 Å². The molecule has 30 aliphatic rings. The lowest BCUT2D eigenvalue weighted by molar-refractivity contribution is -0.401. The first-order chi connectivity index (χ1) is 42.3. The van der Waals surface area contributed by atoms with Crippen LogP contribution in [0.1, 0.15) is 40.0 Å². The second kappa shape index (κ2) is 30.7. The van der Waals surface area contributed by atoms with Crippen molar-refractivity contribution in [3.8, 4) is 0 Å². The van der Waals surface area contributed by atoms with Gasteiger partial charge in [-0.2, -0.15) is 0 Å². The standard InChI is InChI=1S/C52H88O37/c1-4-15-38-24(60)32(68)47(74-15)84-40-19(8-54)78-49(33(69)26(40)62)86-42-21(10-56)80-51(35(71)28(42)64)88-44-23(12-58)82-52(37(73)30(44)66)89-43-22(11-57)81-50(36(72)29(43)65)87-41-20(9-55)79-48(34(70)27(41)63)85-39-18(7-53)77-46(31(67)25(39)61)76-17-6-14(59)45(83-38)75-16(17)5-13(2)3/h13-73H,4-12H2,1-3H3. The van der Waals surface area contributed by atoms with Crippen LogP contribution in [0.4, 0.5) is 0 Å². The van der Waals surface area contributed by atoms with E-state index in [9.17, 15) is 107 Å². The van der Waals surface area contributed by atoms with E-state index in [-0.39, 0.29) is 25.2 Å². The SMILES string of the molecule is CCC1OC2OC3C(CO)OC(OC4C(CO)OC(OC5C(CO)OC(OC6C(CO)OC(OC7C(CO)OC(OC8C(CO)OC(OC9CC(O)C(OC9CC(C)C)OC1C(O)C2O)C(O)C8O)C(O)C7O)C(O)C6O)C(O)C5O)C(O)C4O)C(O)C3O. The highest BCUT2D eigenvalue weighted by Crippen LogP contribution is 2.40. The topological polar surface area (TPSA) is 573 Å². The van der Waals surface area contributed by atoms with Crippen LogP contribution in [0.3, 0.4) is 0 Å². The Bertz CT molecular complexity index is 2150. The molecule has 21 N–H and O–H groups in total. The minimum absolute atomic E-state index is 0.0345. The van der Waals surface area contributed by atoms with Gasteiger partial charge in [-0.05, 0) is 18.8 Å². The van der Waals surface area contributed by atoms with Crippen LogP contribution in [0.2, 0.25) is 0 Å². The van der Waals surface area contributed by atoms with Gasteiger partial charge in [0.25, 0.3) is 0 Å². The van der Waals surface area contributed by atoms with Crippen molar-refractivity contribution >= 4 is 0 Å². The molecule has 0 aromatic rings. The average molecular weight is 1310 g/mol. The largest absolute Gasteiger partial charge is 0.394 e. The van der Waals surface area contributed by atoms with Gasteiger partial charge in [0.15, 0.2) is 50.3 Å². The lowest BCUT2D eigenvalue weighted by Crippen LogP contribution is -2.68. The Kier molecular flexibility index (Phi) is 24.8. The third-order valence-electron chi connectivity index (χ3n) is 17.5. The van der Waals surface area contributed by atoms with E-state index in [0.29, 0.717) is 0 Å². The van der Waals surface area contributed by atoms with Crippen LogP contribution in [0.5, 0.6) is 0 Å². The van der Waals surface area contributed by atoms with Crippen LogP contribution >= 0.6 is 0 Å². The maximum atomic E-state index is 11.6. The summed E-state index contributed by atoms with van der Waals surface area (Å²) in [7, 11) is 0. The summed E-state index contributed by atoms with van der Waals surface area (Å²) in [5.41, 5.74) is 0. The molecule has 0 aromatic heterocycles. The predicted molar refractivity (Wildman–Crippen MR) is 275 cm³/mol. The fourth-order valence-electron chi connectivity index (χ4n) is 12.6. The first kappa shape index (κ1) is 71.8. The fourth-order valence-corrected chi connectivity index (χ4v) is 12.6. The van der Waals surface area contributed by atoms with Crippen molar-refractivity contribution in [1.29, 1.82) is 0 Å². The number of aliphatic hydroxyl groups is 21. The summed E-state index contributed by atoms with van der Waals surface area (Å²) in [5, 5.41) is 235. The molecular formula is C52H88O37. The summed E-state index contributed by atoms with van der Waals surface area (Å²) in [4.78, 5) is 0. The van der Waals surface area contributed by atoms with Gasteiger partial charge in [0, 0.05) is 6.42 Å². The summed E-state index contributed by atoms with van der Waals surface area (Å²) in [6, 6.07) is 0. The van der Waals surface area contributed by atoms with E-state index in [1.54, 1.807) is 6.92 Å². The van der Waals surface area contributed by atoms with E-state index >= 15 is 0 Å².